The summed E-state index contributed by atoms with van der Waals surface area (Å²) < 4.78 is 20.7. The third-order valence-electron chi connectivity index (χ3n) is 4.34. The van der Waals surface area contributed by atoms with Crippen LogP contribution in [0.4, 0.5) is 4.39 Å². The normalized spacial score (nSPS) is 10.9. The SMILES string of the molecule is O=C(CCSc1ccccc1)NCCOc1ccc2nnc(-c3cccc(F)c3)n2n1. The van der Waals surface area contributed by atoms with Gasteiger partial charge in [-0.05, 0) is 30.3 Å². The molecule has 0 saturated carbocycles. The van der Waals surface area contributed by atoms with Gasteiger partial charge in [0.2, 0.25) is 11.8 Å². The summed E-state index contributed by atoms with van der Waals surface area (Å²) in [5.41, 5.74) is 1.09. The van der Waals surface area contributed by atoms with Gasteiger partial charge in [-0.1, -0.05) is 30.3 Å². The van der Waals surface area contributed by atoms with Gasteiger partial charge in [0.15, 0.2) is 11.5 Å². The van der Waals surface area contributed by atoms with E-state index in [9.17, 15) is 9.18 Å². The molecule has 4 aromatic rings. The number of thioether (sulfide) groups is 1. The minimum absolute atomic E-state index is 0.0253. The first kappa shape index (κ1) is 20.8. The number of ether oxygens (including phenoxy) is 1. The lowest BCUT2D eigenvalue weighted by Crippen LogP contribution is -2.28. The predicted octanol–water partition coefficient (Wildman–Crippen LogP) is 3.61. The maximum absolute atomic E-state index is 13.5. The lowest BCUT2D eigenvalue weighted by Gasteiger charge is -2.08. The fraction of sp³-hybridized carbons (Fsp3) is 0.182. The molecule has 0 aliphatic heterocycles. The van der Waals surface area contributed by atoms with Gasteiger partial charge in [-0.25, -0.2) is 4.39 Å². The average Bonchev–Trinajstić information content (AvgIpc) is 3.21. The van der Waals surface area contributed by atoms with Crippen LogP contribution in [0.5, 0.6) is 5.88 Å². The highest BCUT2D eigenvalue weighted by Crippen LogP contribution is 2.20. The van der Waals surface area contributed by atoms with Crippen molar-refractivity contribution in [2.24, 2.45) is 0 Å². The van der Waals surface area contributed by atoms with Crippen LogP contribution in [-0.2, 0) is 4.79 Å². The highest BCUT2D eigenvalue weighted by atomic mass is 32.2. The zero-order valence-corrected chi connectivity index (χ0v) is 17.4. The van der Waals surface area contributed by atoms with E-state index in [0.29, 0.717) is 41.6 Å². The number of carbonyl (C=O) groups excluding carboxylic acids is 1. The monoisotopic (exact) mass is 437 g/mol. The number of nitrogens with one attached hydrogen (secondary N) is 1. The molecule has 1 N–H and O–H groups in total. The second kappa shape index (κ2) is 10.0. The fourth-order valence-electron chi connectivity index (χ4n) is 2.87. The quantitative estimate of drug-likeness (QED) is 0.318. The molecule has 2 aromatic carbocycles. The molecule has 0 fully saturated rings. The van der Waals surface area contributed by atoms with Crippen LogP contribution in [0.3, 0.4) is 0 Å². The Kier molecular flexibility index (Phi) is 6.73. The molecular formula is C22H20FN5O2S. The summed E-state index contributed by atoms with van der Waals surface area (Å²) in [5, 5.41) is 15.3. The largest absolute Gasteiger partial charge is 0.475 e. The number of carbonyl (C=O) groups is 1. The Bertz CT molecular complexity index is 1170. The maximum Gasteiger partial charge on any atom is 0.231 e. The van der Waals surface area contributed by atoms with E-state index < -0.39 is 0 Å². The van der Waals surface area contributed by atoms with Crippen LogP contribution in [0.15, 0.2) is 71.6 Å². The van der Waals surface area contributed by atoms with Crippen molar-refractivity contribution >= 4 is 23.3 Å². The molecule has 0 saturated heterocycles. The minimum Gasteiger partial charge on any atom is -0.475 e. The number of hydrogen-bond donors (Lipinski definition) is 1. The van der Waals surface area contributed by atoms with Crippen molar-refractivity contribution in [1.82, 2.24) is 25.1 Å². The minimum atomic E-state index is -0.362. The number of amides is 1. The van der Waals surface area contributed by atoms with Crippen LogP contribution in [0.25, 0.3) is 17.0 Å². The zero-order valence-electron chi connectivity index (χ0n) is 16.6. The van der Waals surface area contributed by atoms with Gasteiger partial charge in [-0.15, -0.1) is 27.1 Å². The van der Waals surface area contributed by atoms with Crippen LogP contribution >= 0.6 is 11.8 Å². The average molecular weight is 438 g/mol. The van der Waals surface area contributed by atoms with Gasteiger partial charge in [0.1, 0.15) is 12.4 Å². The lowest BCUT2D eigenvalue weighted by molar-refractivity contribution is -0.120. The number of benzene rings is 2. The van der Waals surface area contributed by atoms with Gasteiger partial charge in [-0.2, -0.15) is 4.52 Å². The van der Waals surface area contributed by atoms with Gasteiger partial charge < -0.3 is 10.1 Å². The third-order valence-corrected chi connectivity index (χ3v) is 5.35. The first-order valence-corrected chi connectivity index (χ1v) is 10.7. The number of hydrogen-bond acceptors (Lipinski definition) is 6. The van der Waals surface area contributed by atoms with E-state index >= 15 is 0 Å². The molecule has 0 aliphatic carbocycles. The maximum atomic E-state index is 13.5. The van der Waals surface area contributed by atoms with Crippen LogP contribution in [-0.4, -0.2) is 44.6 Å². The summed E-state index contributed by atoms with van der Waals surface area (Å²) in [5.74, 6) is 1.11. The third kappa shape index (κ3) is 5.58. The molecule has 0 aliphatic rings. The Hall–Kier alpha value is -3.46. The second-order valence-corrected chi connectivity index (χ2v) is 7.75. The molecule has 1 amide bonds. The summed E-state index contributed by atoms with van der Waals surface area (Å²) in [6.07, 6.45) is 0.432. The number of aromatic nitrogens is 4. The molecule has 2 heterocycles. The summed E-state index contributed by atoms with van der Waals surface area (Å²) >= 11 is 1.65. The van der Waals surface area contributed by atoms with Crippen LogP contribution < -0.4 is 10.1 Å². The Morgan fingerprint density at radius 2 is 1.94 bits per heavy atom. The molecular weight excluding hydrogens is 417 g/mol. The van der Waals surface area contributed by atoms with Gasteiger partial charge >= 0.3 is 0 Å². The molecule has 0 atom stereocenters. The van der Waals surface area contributed by atoms with Crippen molar-refractivity contribution in [3.8, 4) is 17.3 Å². The molecule has 158 valence electrons. The Morgan fingerprint density at radius 3 is 2.77 bits per heavy atom. The Labute approximate surface area is 182 Å². The van der Waals surface area contributed by atoms with Crippen molar-refractivity contribution in [1.29, 1.82) is 0 Å². The summed E-state index contributed by atoms with van der Waals surface area (Å²) in [6.45, 7) is 0.640. The van der Waals surface area contributed by atoms with Crippen LogP contribution in [0, 0.1) is 5.82 Å². The van der Waals surface area contributed by atoms with E-state index in [-0.39, 0.29) is 18.3 Å². The highest BCUT2D eigenvalue weighted by Gasteiger charge is 2.11. The topological polar surface area (TPSA) is 81.4 Å². The molecule has 7 nitrogen and oxygen atoms in total. The van der Waals surface area contributed by atoms with Crippen molar-refractivity contribution in [2.45, 2.75) is 11.3 Å². The summed E-state index contributed by atoms with van der Waals surface area (Å²) in [4.78, 5) is 13.1. The number of halogens is 1. The van der Waals surface area contributed by atoms with Gasteiger partial charge in [0.25, 0.3) is 0 Å². The Balaban J connectivity index is 1.26. The van der Waals surface area contributed by atoms with E-state index in [1.165, 1.54) is 16.6 Å². The highest BCUT2D eigenvalue weighted by molar-refractivity contribution is 7.99. The smallest absolute Gasteiger partial charge is 0.231 e. The van der Waals surface area contributed by atoms with Gasteiger partial charge in [0.05, 0.1) is 6.54 Å². The van der Waals surface area contributed by atoms with E-state index in [2.05, 4.69) is 20.6 Å². The second-order valence-electron chi connectivity index (χ2n) is 6.59. The molecule has 0 spiro atoms. The molecule has 2 aromatic heterocycles. The molecule has 31 heavy (non-hydrogen) atoms. The molecule has 4 rings (SSSR count). The number of fused-ring (bicyclic) bond motifs is 1. The summed E-state index contributed by atoms with van der Waals surface area (Å²) in [6, 6.07) is 19.4. The standard InChI is InChI=1S/C22H20FN5O2S/c23-17-6-4-5-16(15-17)22-26-25-19-9-10-21(27-28(19)22)30-13-12-24-20(29)11-14-31-18-7-2-1-3-8-18/h1-10,15H,11-14H2,(H,24,29). The molecule has 9 heteroatoms. The van der Waals surface area contributed by atoms with Crippen molar-refractivity contribution in [3.05, 3.63) is 72.5 Å². The van der Waals surface area contributed by atoms with E-state index in [1.54, 1.807) is 36.0 Å². The van der Waals surface area contributed by atoms with Crippen molar-refractivity contribution < 1.29 is 13.9 Å². The fourth-order valence-corrected chi connectivity index (χ4v) is 3.74. The lowest BCUT2D eigenvalue weighted by atomic mass is 10.2. The van der Waals surface area contributed by atoms with Crippen LogP contribution in [0.2, 0.25) is 0 Å². The number of rotatable bonds is 9. The van der Waals surface area contributed by atoms with Gasteiger partial charge in [0, 0.05) is 28.7 Å². The first-order chi connectivity index (χ1) is 15.2. The van der Waals surface area contributed by atoms with E-state index in [1.807, 2.05) is 30.3 Å². The Morgan fingerprint density at radius 1 is 1.06 bits per heavy atom. The molecule has 0 unspecified atom stereocenters. The predicted molar refractivity (Wildman–Crippen MR) is 116 cm³/mol. The summed E-state index contributed by atoms with van der Waals surface area (Å²) in [7, 11) is 0. The van der Waals surface area contributed by atoms with E-state index in [0.717, 1.165) is 4.90 Å². The van der Waals surface area contributed by atoms with E-state index in [4.69, 9.17) is 4.74 Å². The molecule has 0 bridgehead atoms. The zero-order chi connectivity index (χ0) is 21.5. The van der Waals surface area contributed by atoms with Crippen molar-refractivity contribution in [3.63, 3.8) is 0 Å². The first-order valence-electron chi connectivity index (χ1n) is 9.75. The number of nitrogens with zero attached hydrogens (tertiary/aromatic N) is 4. The van der Waals surface area contributed by atoms with Gasteiger partial charge in [-0.3, -0.25) is 4.79 Å². The van der Waals surface area contributed by atoms with Crippen LogP contribution in [0.1, 0.15) is 6.42 Å². The molecule has 0 radical (unpaired) electrons. The van der Waals surface area contributed by atoms with Crippen molar-refractivity contribution in [2.75, 3.05) is 18.9 Å².